The van der Waals surface area contributed by atoms with E-state index >= 15 is 0 Å². The Labute approximate surface area is 136 Å². The van der Waals surface area contributed by atoms with Crippen molar-refractivity contribution in [3.63, 3.8) is 0 Å². The summed E-state index contributed by atoms with van der Waals surface area (Å²) in [5.74, 6) is -0.220. The Kier molecular flexibility index (Phi) is 5.76. The molecule has 1 aliphatic rings. The Morgan fingerprint density at radius 3 is 2.52 bits per heavy atom. The van der Waals surface area contributed by atoms with Crippen LogP contribution in [0.25, 0.3) is 0 Å². The van der Waals surface area contributed by atoms with Crippen LogP contribution in [0.4, 0.5) is 4.79 Å². The largest absolute Gasteiger partial charge is 0.445 e. The van der Waals surface area contributed by atoms with Crippen molar-refractivity contribution in [3.8, 4) is 0 Å². The van der Waals surface area contributed by atoms with E-state index in [4.69, 9.17) is 9.57 Å². The molecule has 6 nitrogen and oxygen atoms in total. The third kappa shape index (κ3) is 4.10. The van der Waals surface area contributed by atoms with Gasteiger partial charge in [0.25, 0.3) is 5.91 Å². The van der Waals surface area contributed by atoms with Crippen LogP contribution in [0.15, 0.2) is 41.5 Å². The molecule has 0 spiro atoms. The third-order valence-electron chi connectivity index (χ3n) is 3.87. The lowest BCUT2D eigenvalue weighted by Gasteiger charge is -2.18. The van der Waals surface area contributed by atoms with E-state index in [9.17, 15) is 9.59 Å². The van der Waals surface area contributed by atoms with Gasteiger partial charge in [-0.25, -0.2) is 9.86 Å². The topological polar surface area (TPSA) is 59.1 Å². The highest BCUT2D eigenvalue weighted by molar-refractivity contribution is 5.95. The van der Waals surface area contributed by atoms with Crippen LogP contribution in [0.3, 0.4) is 0 Å². The highest BCUT2D eigenvalue weighted by atomic mass is 16.7. The number of likely N-dealkylation sites (N-methyl/N-ethyl adjacent to an activating group) is 1. The van der Waals surface area contributed by atoms with Gasteiger partial charge in [0.15, 0.2) is 0 Å². The molecular formula is C17H22N2O4. The average molecular weight is 318 g/mol. The summed E-state index contributed by atoms with van der Waals surface area (Å²) in [4.78, 5) is 30.9. The van der Waals surface area contributed by atoms with Crippen molar-refractivity contribution in [2.24, 2.45) is 0 Å². The van der Waals surface area contributed by atoms with E-state index in [0.29, 0.717) is 18.5 Å². The van der Waals surface area contributed by atoms with E-state index < -0.39 is 6.09 Å². The van der Waals surface area contributed by atoms with Crippen LogP contribution >= 0.6 is 0 Å². The average Bonchev–Trinajstić information content (AvgIpc) is 3.03. The molecular weight excluding hydrogens is 296 g/mol. The van der Waals surface area contributed by atoms with Crippen LogP contribution in [0.5, 0.6) is 0 Å². The van der Waals surface area contributed by atoms with E-state index in [1.807, 2.05) is 37.3 Å². The molecule has 0 atom stereocenters. The van der Waals surface area contributed by atoms with Gasteiger partial charge in [0, 0.05) is 19.2 Å². The standard InChI is InChI=1S/C17H22N2O4/c1-4-14-10-19(11-15(14)16(20)18(2)22-3)17(21)23-12-13-8-6-5-7-9-13/h5-9H,4,10-12H2,1-3H3. The van der Waals surface area contributed by atoms with Crippen molar-refractivity contribution < 1.29 is 19.2 Å². The van der Waals surface area contributed by atoms with Crippen molar-refractivity contribution >= 4 is 12.0 Å². The summed E-state index contributed by atoms with van der Waals surface area (Å²) in [5, 5.41) is 1.17. The molecule has 1 aromatic carbocycles. The minimum absolute atomic E-state index is 0.220. The molecule has 0 N–H and O–H groups in total. The fourth-order valence-corrected chi connectivity index (χ4v) is 2.44. The third-order valence-corrected chi connectivity index (χ3v) is 3.87. The van der Waals surface area contributed by atoms with E-state index in [-0.39, 0.29) is 19.1 Å². The number of nitrogens with zero attached hydrogens (tertiary/aromatic N) is 2. The number of carbonyl (C=O) groups excluding carboxylic acids is 2. The lowest BCUT2D eigenvalue weighted by molar-refractivity contribution is -0.164. The van der Waals surface area contributed by atoms with Gasteiger partial charge in [-0.3, -0.25) is 14.5 Å². The Morgan fingerprint density at radius 2 is 1.91 bits per heavy atom. The van der Waals surface area contributed by atoms with Crippen LogP contribution in [-0.4, -0.2) is 49.2 Å². The van der Waals surface area contributed by atoms with Crippen molar-refractivity contribution in [3.05, 3.63) is 47.0 Å². The van der Waals surface area contributed by atoms with Gasteiger partial charge in [-0.1, -0.05) is 37.3 Å². The summed E-state index contributed by atoms with van der Waals surface area (Å²) < 4.78 is 5.32. The van der Waals surface area contributed by atoms with Crippen LogP contribution < -0.4 is 0 Å². The van der Waals surface area contributed by atoms with E-state index in [1.54, 1.807) is 11.9 Å². The summed E-state index contributed by atoms with van der Waals surface area (Å²) in [6, 6.07) is 9.50. The van der Waals surface area contributed by atoms with Crippen LogP contribution in [0.2, 0.25) is 0 Å². The molecule has 1 aromatic rings. The first-order valence-corrected chi connectivity index (χ1v) is 7.55. The predicted octanol–water partition coefficient (Wildman–Crippen LogP) is 2.37. The number of hydrogen-bond acceptors (Lipinski definition) is 4. The molecule has 23 heavy (non-hydrogen) atoms. The molecule has 0 aliphatic carbocycles. The van der Waals surface area contributed by atoms with Gasteiger partial charge >= 0.3 is 6.09 Å². The molecule has 0 fully saturated rings. The molecule has 6 heteroatoms. The molecule has 0 unspecified atom stereocenters. The second-order valence-corrected chi connectivity index (χ2v) is 5.32. The number of carbonyl (C=O) groups is 2. The fourth-order valence-electron chi connectivity index (χ4n) is 2.44. The number of hydroxylamine groups is 2. The lowest BCUT2D eigenvalue weighted by Crippen LogP contribution is -2.33. The molecule has 0 saturated heterocycles. The normalized spacial score (nSPS) is 14.1. The maximum atomic E-state index is 12.3. The zero-order chi connectivity index (χ0) is 16.8. The molecule has 124 valence electrons. The van der Waals surface area contributed by atoms with Crippen molar-refractivity contribution in [2.45, 2.75) is 20.0 Å². The highest BCUT2D eigenvalue weighted by Crippen LogP contribution is 2.22. The van der Waals surface area contributed by atoms with E-state index in [2.05, 4.69) is 0 Å². The fraction of sp³-hybridized carbons (Fsp3) is 0.412. The zero-order valence-corrected chi connectivity index (χ0v) is 13.7. The number of benzene rings is 1. The molecule has 0 saturated carbocycles. The Hall–Kier alpha value is -2.34. The first kappa shape index (κ1) is 17.0. The predicted molar refractivity (Wildman–Crippen MR) is 85.3 cm³/mol. The number of amides is 2. The van der Waals surface area contributed by atoms with Crippen molar-refractivity contribution in [1.29, 1.82) is 0 Å². The molecule has 2 rings (SSSR count). The van der Waals surface area contributed by atoms with Crippen molar-refractivity contribution in [2.75, 3.05) is 27.2 Å². The van der Waals surface area contributed by atoms with Crippen LogP contribution in [0, 0.1) is 0 Å². The summed E-state index contributed by atoms with van der Waals surface area (Å²) in [5.41, 5.74) is 2.48. The first-order chi connectivity index (χ1) is 11.1. The molecule has 2 amide bonds. The zero-order valence-electron chi connectivity index (χ0n) is 13.7. The molecule has 1 heterocycles. The second kappa shape index (κ2) is 7.78. The summed E-state index contributed by atoms with van der Waals surface area (Å²) >= 11 is 0. The van der Waals surface area contributed by atoms with Crippen molar-refractivity contribution in [1.82, 2.24) is 9.96 Å². The molecule has 0 aromatic heterocycles. The minimum atomic E-state index is -0.414. The minimum Gasteiger partial charge on any atom is -0.445 e. The first-order valence-electron chi connectivity index (χ1n) is 7.55. The Morgan fingerprint density at radius 1 is 1.22 bits per heavy atom. The Balaban J connectivity index is 1.96. The lowest BCUT2D eigenvalue weighted by atomic mass is 10.1. The van der Waals surface area contributed by atoms with Gasteiger partial charge in [0.05, 0.1) is 13.7 Å². The highest BCUT2D eigenvalue weighted by Gasteiger charge is 2.31. The van der Waals surface area contributed by atoms with Gasteiger partial charge in [-0.15, -0.1) is 0 Å². The van der Waals surface area contributed by atoms with Gasteiger partial charge < -0.3 is 4.74 Å². The summed E-state index contributed by atoms with van der Waals surface area (Å²) in [6.45, 7) is 2.86. The van der Waals surface area contributed by atoms with Crippen LogP contribution in [0.1, 0.15) is 18.9 Å². The van der Waals surface area contributed by atoms with Gasteiger partial charge in [0.2, 0.25) is 0 Å². The maximum Gasteiger partial charge on any atom is 0.410 e. The van der Waals surface area contributed by atoms with E-state index in [0.717, 1.165) is 11.1 Å². The second-order valence-electron chi connectivity index (χ2n) is 5.32. The smallest absolute Gasteiger partial charge is 0.410 e. The van der Waals surface area contributed by atoms with Gasteiger partial charge in [-0.2, -0.15) is 0 Å². The van der Waals surface area contributed by atoms with Gasteiger partial charge in [-0.05, 0) is 17.6 Å². The number of ether oxygens (including phenoxy) is 1. The SMILES string of the molecule is CCC1=C(C(=O)N(C)OC)CN(C(=O)OCc2ccccc2)C1. The molecule has 0 bridgehead atoms. The van der Waals surface area contributed by atoms with E-state index in [1.165, 1.54) is 12.2 Å². The quantitative estimate of drug-likeness (QED) is 0.782. The molecule has 1 aliphatic heterocycles. The van der Waals surface area contributed by atoms with Gasteiger partial charge in [0.1, 0.15) is 6.61 Å². The maximum absolute atomic E-state index is 12.3. The monoisotopic (exact) mass is 318 g/mol. The summed E-state index contributed by atoms with van der Waals surface area (Å²) in [7, 11) is 2.99. The Bertz CT molecular complexity index is 598. The summed E-state index contributed by atoms with van der Waals surface area (Å²) in [6.07, 6.45) is 0.295. The molecule has 0 radical (unpaired) electrons. The number of rotatable bonds is 5. The van der Waals surface area contributed by atoms with Crippen LogP contribution in [-0.2, 0) is 21.0 Å². The number of hydrogen-bond donors (Lipinski definition) is 0.